The number of nitrogens with one attached hydrogen (secondary N) is 2. The molecular weight excluding hydrogens is 514 g/mol. The zero-order valence-corrected chi connectivity index (χ0v) is 19.7. The maximum absolute atomic E-state index is 15.3. The van der Waals surface area contributed by atoms with Crippen LogP contribution in [0.1, 0.15) is 21.5 Å². The summed E-state index contributed by atoms with van der Waals surface area (Å²) in [5, 5.41) is 0.193. The highest BCUT2D eigenvalue weighted by Crippen LogP contribution is 2.29. The molecule has 37 heavy (non-hydrogen) atoms. The van der Waals surface area contributed by atoms with Crippen molar-refractivity contribution >= 4 is 44.4 Å². The highest BCUT2D eigenvalue weighted by molar-refractivity contribution is 7.92. The molecule has 0 radical (unpaired) electrons. The van der Waals surface area contributed by atoms with Crippen molar-refractivity contribution in [2.45, 2.75) is 4.90 Å². The number of hydrogen-bond donors (Lipinski definition) is 3. The molecule has 4 N–H and O–H groups in total. The van der Waals surface area contributed by atoms with E-state index >= 15 is 4.39 Å². The summed E-state index contributed by atoms with van der Waals surface area (Å²) < 4.78 is 84.4. The van der Waals surface area contributed by atoms with Gasteiger partial charge in [-0.05, 0) is 42.5 Å². The number of carbonyl (C=O) groups excluding carboxylic acids is 1. The Morgan fingerprint density at radius 3 is 2.57 bits per heavy atom. The number of nitrogens with zero attached hydrogens (tertiary/aromatic N) is 2. The molecule has 0 saturated heterocycles. The quantitative estimate of drug-likeness (QED) is 0.187. The number of pyridine rings is 1. The van der Waals surface area contributed by atoms with Crippen LogP contribution in [0.25, 0.3) is 16.7 Å². The number of sulfonamides is 1. The molecule has 2 aromatic carbocycles. The Morgan fingerprint density at radius 1 is 1.11 bits per heavy atom. The standard InChI is InChI=1S/C24H17F4N5O3S/c1-30-7-6-18(29)12-8-14-15(11-32-24(14)31-10-12)23(34)21-17(27)4-5-19(22(21)28)33-37(35,36)20-9-13(25)2-3-16(20)26/h2-11,33H,29H2,1H3,(H,31,32). The number of aromatic nitrogens is 2. The summed E-state index contributed by atoms with van der Waals surface area (Å²) in [5.74, 6) is -6.31. The van der Waals surface area contributed by atoms with Gasteiger partial charge in [0.05, 0.1) is 11.3 Å². The molecule has 0 amide bonds. The number of benzene rings is 2. The molecule has 0 bridgehead atoms. The molecule has 2 heterocycles. The Bertz CT molecular complexity index is 1720. The Balaban J connectivity index is 1.77. The number of hydrogen-bond acceptors (Lipinski definition) is 6. The van der Waals surface area contributed by atoms with Gasteiger partial charge in [0, 0.05) is 47.9 Å². The molecule has 0 aliphatic rings. The lowest BCUT2D eigenvalue weighted by Crippen LogP contribution is -2.17. The van der Waals surface area contributed by atoms with Gasteiger partial charge in [0.1, 0.15) is 28.0 Å². The number of rotatable bonds is 7. The molecule has 2 aromatic heterocycles. The van der Waals surface area contributed by atoms with E-state index in [9.17, 15) is 26.4 Å². The largest absolute Gasteiger partial charge is 0.398 e. The van der Waals surface area contributed by atoms with E-state index in [0.29, 0.717) is 35.9 Å². The first-order valence-electron chi connectivity index (χ1n) is 10.4. The van der Waals surface area contributed by atoms with Crippen molar-refractivity contribution < 1.29 is 30.8 Å². The zero-order chi connectivity index (χ0) is 26.9. The normalized spacial score (nSPS) is 12.4. The zero-order valence-electron chi connectivity index (χ0n) is 18.9. The maximum Gasteiger partial charge on any atom is 0.265 e. The number of allylic oxidation sites excluding steroid dienone is 1. The molecule has 0 saturated carbocycles. The van der Waals surface area contributed by atoms with Crippen molar-refractivity contribution in [2.24, 2.45) is 10.7 Å². The van der Waals surface area contributed by atoms with Crippen molar-refractivity contribution in [2.75, 3.05) is 11.8 Å². The summed E-state index contributed by atoms with van der Waals surface area (Å²) in [4.78, 5) is 22.8. The lowest BCUT2D eigenvalue weighted by atomic mass is 10.0. The first kappa shape index (κ1) is 25.6. The van der Waals surface area contributed by atoms with Crippen molar-refractivity contribution in [1.29, 1.82) is 0 Å². The van der Waals surface area contributed by atoms with E-state index in [1.54, 1.807) is 11.8 Å². The van der Waals surface area contributed by atoms with Crippen LogP contribution in [0.5, 0.6) is 0 Å². The van der Waals surface area contributed by atoms with Crippen LogP contribution in [0.15, 0.2) is 64.8 Å². The molecule has 0 aliphatic carbocycles. The average Bonchev–Trinajstić information content (AvgIpc) is 3.29. The van der Waals surface area contributed by atoms with Crippen LogP contribution in [-0.4, -0.2) is 37.4 Å². The third-order valence-corrected chi connectivity index (χ3v) is 6.64. The van der Waals surface area contributed by atoms with E-state index in [4.69, 9.17) is 5.73 Å². The Labute approximate surface area is 207 Å². The lowest BCUT2D eigenvalue weighted by Gasteiger charge is -2.12. The van der Waals surface area contributed by atoms with Gasteiger partial charge in [0.15, 0.2) is 5.82 Å². The van der Waals surface area contributed by atoms with E-state index in [1.807, 2.05) is 0 Å². The van der Waals surface area contributed by atoms with E-state index < -0.39 is 55.2 Å². The molecular formula is C24H17F4N5O3S. The summed E-state index contributed by atoms with van der Waals surface area (Å²) in [5.41, 5.74) is 4.77. The Morgan fingerprint density at radius 2 is 1.84 bits per heavy atom. The topological polar surface area (TPSA) is 130 Å². The van der Waals surface area contributed by atoms with Crippen molar-refractivity contribution in [3.8, 4) is 0 Å². The minimum absolute atomic E-state index is 0.171. The molecule has 13 heteroatoms. The average molecular weight is 531 g/mol. The van der Waals surface area contributed by atoms with Crippen LogP contribution >= 0.6 is 0 Å². The third-order valence-electron chi connectivity index (χ3n) is 5.26. The number of ketones is 1. The van der Waals surface area contributed by atoms with Crippen LogP contribution < -0.4 is 10.5 Å². The van der Waals surface area contributed by atoms with Gasteiger partial charge in [-0.1, -0.05) is 0 Å². The molecule has 0 unspecified atom stereocenters. The highest BCUT2D eigenvalue weighted by atomic mass is 32.2. The molecule has 0 spiro atoms. The van der Waals surface area contributed by atoms with Crippen LogP contribution in [0, 0.1) is 23.3 Å². The number of aliphatic imine (C=N–C) groups is 1. The lowest BCUT2D eigenvalue weighted by molar-refractivity contribution is 0.103. The number of H-pyrrole nitrogens is 1. The number of anilines is 1. The smallest absolute Gasteiger partial charge is 0.265 e. The van der Waals surface area contributed by atoms with Crippen molar-refractivity contribution in [3.05, 3.63) is 94.8 Å². The molecule has 8 nitrogen and oxygen atoms in total. The van der Waals surface area contributed by atoms with Gasteiger partial charge in [-0.3, -0.25) is 14.5 Å². The number of nitrogens with two attached hydrogens (primary N) is 1. The van der Waals surface area contributed by atoms with Crippen LogP contribution in [0.2, 0.25) is 0 Å². The molecule has 0 aliphatic heterocycles. The van der Waals surface area contributed by atoms with Gasteiger partial charge >= 0.3 is 0 Å². The first-order valence-corrected chi connectivity index (χ1v) is 11.9. The second-order valence-corrected chi connectivity index (χ2v) is 9.30. The predicted molar refractivity (Wildman–Crippen MR) is 130 cm³/mol. The van der Waals surface area contributed by atoms with E-state index in [1.165, 1.54) is 30.8 Å². The fraction of sp³-hybridized carbons (Fsp3) is 0.0417. The second-order valence-electron chi connectivity index (χ2n) is 7.65. The highest BCUT2D eigenvalue weighted by Gasteiger charge is 2.27. The molecule has 0 atom stereocenters. The Hall–Kier alpha value is -4.52. The monoisotopic (exact) mass is 531 g/mol. The SMILES string of the molecule is CN=CC=C(N)c1cnc2[nH]cc(C(=O)c3c(F)ccc(NS(=O)(=O)c4cc(F)ccc4F)c3F)c2c1. The van der Waals surface area contributed by atoms with Crippen LogP contribution in [-0.2, 0) is 10.0 Å². The van der Waals surface area contributed by atoms with Crippen LogP contribution in [0.3, 0.4) is 0 Å². The van der Waals surface area contributed by atoms with Gasteiger partial charge in [-0.2, -0.15) is 0 Å². The number of aromatic amines is 1. The second kappa shape index (κ2) is 9.85. The fourth-order valence-electron chi connectivity index (χ4n) is 3.46. The minimum atomic E-state index is -4.84. The number of halogens is 4. The maximum atomic E-state index is 15.3. The van der Waals surface area contributed by atoms with Gasteiger partial charge in [-0.15, -0.1) is 0 Å². The summed E-state index contributed by atoms with van der Waals surface area (Å²) in [6.07, 6.45) is 5.54. The molecule has 190 valence electrons. The predicted octanol–water partition coefficient (Wildman–Crippen LogP) is 4.15. The van der Waals surface area contributed by atoms with Gasteiger partial charge < -0.3 is 10.7 Å². The molecule has 0 fully saturated rings. The van der Waals surface area contributed by atoms with E-state index in [2.05, 4.69) is 15.0 Å². The summed E-state index contributed by atoms with van der Waals surface area (Å²) >= 11 is 0. The van der Waals surface area contributed by atoms with E-state index in [-0.39, 0.29) is 22.3 Å². The summed E-state index contributed by atoms with van der Waals surface area (Å²) in [6.45, 7) is 0. The minimum Gasteiger partial charge on any atom is -0.398 e. The Kier molecular flexibility index (Phi) is 6.81. The number of fused-ring (bicyclic) bond motifs is 1. The summed E-state index contributed by atoms with van der Waals surface area (Å²) in [6, 6.07) is 4.54. The molecule has 4 aromatic rings. The van der Waals surface area contributed by atoms with Gasteiger partial charge in [0.25, 0.3) is 10.0 Å². The fourth-order valence-corrected chi connectivity index (χ4v) is 4.61. The van der Waals surface area contributed by atoms with E-state index in [0.717, 1.165) is 0 Å². The number of carbonyl (C=O) groups is 1. The first-order chi connectivity index (χ1) is 17.5. The van der Waals surface area contributed by atoms with Crippen LogP contribution in [0.4, 0.5) is 23.2 Å². The van der Waals surface area contributed by atoms with Crippen molar-refractivity contribution in [3.63, 3.8) is 0 Å². The third kappa shape index (κ3) is 4.93. The van der Waals surface area contributed by atoms with Gasteiger partial charge in [-0.25, -0.2) is 31.0 Å². The summed E-state index contributed by atoms with van der Waals surface area (Å²) in [7, 11) is -3.30. The van der Waals surface area contributed by atoms with Crippen molar-refractivity contribution in [1.82, 2.24) is 9.97 Å². The van der Waals surface area contributed by atoms with Gasteiger partial charge in [0.2, 0.25) is 5.78 Å². The molecule has 4 rings (SSSR count).